The van der Waals surface area contributed by atoms with Crippen LogP contribution in [0.2, 0.25) is 0 Å². The summed E-state index contributed by atoms with van der Waals surface area (Å²) in [6.45, 7) is 0.264. The molecule has 6 nitrogen and oxygen atoms in total. The number of fused-ring (bicyclic) bond motifs is 1. The molecule has 3 aromatic rings. The van der Waals surface area contributed by atoms with Gasteiger partial charge in [-0.3, -0.25) is 4.40 Å². The Labute approximate surface area is 130 Å². The third-order valence-corrected chi connectivity index (χ3v) is 4.07. The van der Waals surface area contributed by atoms with Crippen LogP contribution >= 0.6 is 0 Å². The lowest BCUT2D eigenvalue weighted by atomic mass is 10.0. The summed E-state index contributed by atoms with van der Waals surface area (Å²) >= 11 is 0. The highest BCUT2D eigenvalue weighted by atomic mass is 19.1. The molecular formula is C15H13F2N5O. The number of hydrogen-bond donors (Lipinski definition) is 1. The van der Waals surface area contributed by atoms with Crippen LogP contribution in [0, 0.1) is 11.6 Å². The average molecular weight is 317 g/mol. The summed E-state index contributed by atoms with van der Waals surface area (Å²) < 4.78 is 29.4. The maximum Gasteiger partial charge on any atom is 0.203 e. The molecule has 3 heterocycles. The molecule has 0 bridgehead atoms. The van der Waals surface area contributed by atoms with E-state index in [1.54, 1.807) is 21.7 Å². The van der Waals surface area contributed by atoms with E-state index in [4.69, 9.17) is 0 Å². The summed E-state index contributed by atoms with van der Waals surface area (Å²) in [6.07, 6.45) is 4.44. The molecule has 1 aromatic carbocycles. The third kappa shape index (κ3) is 2.31. The highest BCUT2D eigenvalue weighted by molar-refractivity contribution is 5.65. The molecule has 2 aromatic heterocycles. The van der Waals surface area contributed by atoms with Crippen LogP contribution in [0.25, 0.3) is 5.65 Å². The summed E-state index contributed by atoms with van der Waals surface area (Å²) in [5.74, 6) is -0.546. The van der Waals surface area contributed by atoms with Crippen LogP contribution in [0.3, 0.4) is 0 Å². The fourth-order valence-corrected chi connectivity index (χ4v) is 3.06. The number of aromatic nitrogens is 4. The van der Waals surface area contributed by atoms with Gasteiger partial charge in [-0.05, 0) is 24.6 Å². The Kier molecular flexibility index (Phi) is 3.19. The molecule has 0 saturated carbocycles. The first kappa shape index (κ1) is 14.0. The Bertz CT molecular complexity index is 868. The van der Waals surface area contributed by atoms with Crippen molar-refractivity contribution in [1.82, 2.24) is 19.6 Å². The first-order valence-corrected chi connectivity index (χ1v) is 7.17. The van der Waals surface area contributed by atoms with Crippen LogP contribution in [-0.4, -0.2) is 37.3 Å². The minimum atomic E-state index is -0.660. The Balaban J connectivity index is 1.83. The van der Waals surface area contributed by atoms with Crippen LogP contribution in [0.4, 0.5) is 14.6 Å². The number of anilines is 1. The van der Waals surface area contributed by atoms with E-state index in [2.05, 4.69) is 15.2 Å². The predicted molar refractivity (Wildman–Crippen MR) is 77.9 cm³/mol. The quantitative estimate of drug-likeness (QED) is 0.779. The van der Waals surface area contributed by atoms with Crippen LogP contribution in [0.5, 0.6) is 0 Å². The molecule has 0 unspecified atom stereocenters. The molecule has 1 aliphatic rings. The van der Waals surface area contributed by atoms with Gasteiger partial charge in [-0.15, -0.1) is 10.2 Å². The number of halogens is 2. The van der Waals surface area contributed by atoms with Crippen LogP contribution in [-0.2, 0) is 0 Å². The van der Waals surface area contributed by atoms with Gasteiger partial charge in [0, 0.05) is 24.5 Å². The molecule has 4 rings (SSSR count). The summed E-state index contributed by atoms with van der Waals surface area (Å²) in [7, 11) is 0. The monoisotopic (exact) mass is 317 g/mol. The molecule has 0 spiro atoms. The fourth-order valence-electron chi connectivity index (χ4n) is 3.06. The summed E-state index contributed by atoms with van der Waals surface area (Å²) in [4.78, 5) is 6.04. The Morgan fingerprint density at radius 2 is 2.13 bits per heavy atom. The Hall–Kier alpha value is -2.61. The molecule has 1 aliphatic heterocycles. The lowest BCUT2D eigenvalue weighted by Gasteiger charge is -2.26. The van der Waals surface area contributed by atoms with Gasteiger partial charge < -0.3 is 10.0 Å². The van der Waals surface area contributed by atoms with Gasteiger partial charge >= 0.3 is 0 Å². The molecule has 0 aliphatic carbocycles. The topological polar surface area (TPSA) is 66.5 Å². The summed E-state index contributed by atoms with van der Waals surface area (Å²) in [5, 5.41) is 17.9. The molecule has 118 valence electrons. The minimum Gasteiger partial charge on any atom is -0.391 e. The minimum absolute atomic E-state index is 0.199. The third-order valence-electron chi connectivity index (χ3n) is 4.07. The molecule has 2 atom stereocenters. The SMILES string of the molecule is O[C@H]1C[C@H](c2cc(F)ccc2F)N(c2nccn3cnnc23)C1. The molecular weight excluding hydrogens is 304 g/mol. The van der Waals surface area contributed by atoms with Crippen molar-refractivity contribution in [2.45, 2.75) is 18.6 Å². The molecule has 8 heteroatoms. The van der Waals surface area contributed by atoms with E-state index in [0.717, 1.165) is 18.2 Å². The highest BCUT2D eigenvalue weighted by Crippen LogP contribution is 2.37. The number of hydrogen-bond acceptors (Lipinski definition) is 5. The van der Waals surface area contributed by atoms with Gasteiger partial charge in [-0.25, -0.2) is 13.8 Å². The summed E-state index contributed by atoms with van der Waals surface area (Å²) in [5.41, 5.74) is 0.702. The van der Waals surface area contributed by atoms with Gasteiger partial charge in [0.05, 0.1) is 12.1 Å². The number of benzene rings is 1. The normalized spacial score (nSPS) is 21.3. The molecule has 0 radical (unpaired) electrons. The van der Waals surface area contributed by atoms with E-state index >= 15 is 0 Å². The number of aliphatic hydroxyl groups excluding tert-OH is 1. The van der Waals surface area contributed by atoms with Crippen LogP contribution < -0.4 is 4.90 Å². The standard InChI is InChI=1S/C15H13F2N5O/c16-9-1-2-12(17)11(5-9)13-6-10(23)7-22(13)14-15-20-19-8-21(15)4-3-18-14/h1-5,8,10,13,23H,6-7H2/t10-,13+/m0/s1. The van der Waals surface area contributed by atoms with Crippen molar-refractivity contribution in [2.75, 3.05) is 11.4 Å². The second-order valence-corrected chi connectivity index (χ2v) is 5.54. The van der Waals surface area contributed by atoms with E-state index < -0.39 is 23.8 Å². The van der Waals surface area contributed by atoms with Gasteiger partial charge in [-0.1, -0.05) is 0 Å². The second-order valence-electron chi connectivity index (χ2n) is 5.54. The van der Waals surface area contributed by atoms with Gasteiger partial charge in [0.15, 0.2) is 5.82 Å². The summed E-state index contributed by atoms with van der Waals surface area (Å²) in [6, 6.07) is 2.82. The van der Waals surface area contributed by atoms with Crippen molar-refractivity contribution in [1.29, 1.82) is 0 Å². The van der Waals surface area contributed by atoms with Crippen molar-refractivity contribution >= 4 is 11.5 Å². The predicted octanol–water partition coefficient (Wildman–Crippen LogP) is 1.71. The van der Waals surface area contributed by atoms with Crippen molar-refractivity contribution < 1.29 is 13.9 Å². The lowest BCUT2D eigenvalue weighted by Crippen LogP contribution is -2.26. The molecule has 0 amide bonds. The van der Waals surface area contributed by atoms with E-state index in [1.807, 2.05) is 0 Å². The molecule has 1 saturated heterocycles. The molecule has 1 fully saturated rings. The average Bonchev–Trinajstić information content (AvgIpc) is 3.15. The van der Waals surface area contributed by atoms with Crippen molar-refractivity contribution in [3.05, 3.63) is 54.1 Å². The zero-order chi connectivity index (χ0) is 16.0. The second kappa shape index (κ2) is 5.24. The van der Waals surface area contributed by atoms with Gasteiger partial charge in [0.1, 0.15) is 18.0 Å². The zero-order valence-electron chi connectivity index (χ0n) is 12.0. The number of aliphatic hydroxyl groups is 1. The Morgan fingerprint density at radius 3 is 3.00 bits per heavy atom. The Morgan fingerprint density at radius 1 is 1.26 bits per heavy atom. The van der Waals surface area contributed by atoms with Gasteiger partial charge in [-0.2, -0.15) is 0 Å². The first-order valence-electron chi connectivity index (χ1n) is 7.17. The van der Waals surface area contributed by atoms with Crippen molar-refractivity contribution in [3.8, 4) is 0 Å². The highest BCUT2D eigenvalue weighted by Gasteiger charge is 2.36. The van der Waals surface area contributed by atoms with Crippen LogP contribution in [0.1, 0.15) is 18.0 Å². The van der Waals surface area contributed by atoms with Crippen molar-refractivity contribution in [3.63, 3.8) is 0 Å². The smallest absolute Gasteiger partial charge is 0.203 e. The number of β-amino-alcohol motifs (C(OH)–C–C–N with tert-alkyl or cyclic N) is 1. The van der Waals surface area contributed by atoms with E-state index in [-0.39, 0.29) is 18.5 Å². The maximum atomic E-state index is 14.2. The molecule has 1 N–H and O–H groups in total. The first-order chi connectivity index (χ1) is 11.1. The maximum absolute atomic E-state index is 14.2. The van der Waals surface area contributed by atoms with Gasteiger partial charge in [0.25, 0.3) is 0 Å². The fraction of sp³-hybridized carbons (Fsp3) is 0.267. The molecule has 23 heavy (non-hydrogen) atoms. The van der Waals surface area contributed by atoms with E-state index in [0.29, 0.717) is 11.5 Å². The van der Waals surface area contributed by atoms with Gasteiger partial charge in [0.2, 0.25) is 5.65 Å². The van der Waals surface area contributed by atoms with Crippen molar-refractivity contribution in [2.24, 2.45) is 0 Å². The zero-order valence-corrected chi connectivity index (χ0v) is 12.0. The number of nitrogens with zero attached hydrogens (tertiary/aromatic N) is 5. The number of rotatable bonds is 2. The van der Waals surface area contributed by atoms with Crippen LogP contribution in [0.15, 0.2) is 36.9 Å². The van der Waals surface area contributed by atoms with E-state index in [9.17, 15) is 13.9 Å². The lowest BCUT2D eigenvalue weighted by molar-refractivity contribution is 0.194. The largest absolute Gasteiger partial charge is 0.391 e. The van der Waals surface area contributed by atoms with E-state index in [1.165, 1.54) is 6.33 Å².